The van der Waals surface area contributed by atoms with Gasteiger partial charge in [0.15, 0.2) is 5.82 Å². The highest BCUT2D eigenvalue weighted by Gasteiger charge is 2.14. The Morgan fingerprint density at radius 2 is 1.80 bits per heavy atom. The van der Waals surface area contributed by atoms with Gasteiger partial charge in [0.05, 0.1) is 11.3 Å². The van der Waals surface area contributed by atoms with Crippen molar-refractivity contribution in [2.24, 2.45) is 0 Å². The van der Waals surface area contributed by atoms with Gasteiger partial charge in [0, 0.05) is 10.0 Å². The van der Waals surface area contributed by atoms with Crippen LogP contribution in [0, 0.1) is 6.92 Å². The molecule has 0 aliphatic heterocycles. The number of nitrogens with one attached hydrogen (secondary N) is 1. The molecule has 3 rings (SSSR count). The number of halogens is 1. The molecule has 0 fully saturated rings. The fraction of sp³-hybridized carbons (Fsp3) is 0.0625. The van der Waals surface area contributed by atoms with Gasteiger partial charge in [-0.25, -0.2) is 0 Å². The van der Waals surface area contributed by atoms with Gasteiger partial charge in [-0.1, -0.05) is 57.9 Å². The van der Waals surface area contributed by atoms with Crippen molar-refractivity contribution in [2.75, 3.05) is 5.73 Å². The van der Waals surface area contributed by atoms with Gasteiger partial charge in [0.2, 0.25) is 0 Å². The molecule has 0 radical (unpaired) electrons. The summed E-state index contributed by atoms with van der Waals surface area (Å²) in [5, 5.41) is 7.21. The van der Waals surface area contributed by atoms with Crippen LogP contribution in [0.5, 0.6) is 0 Å². The number of rotatable bonds is 2. The summed E-state index contributed by atoms with van der Waals surface area (Å²) in [5.41, 5.74) is 11.3. The van der Waals surface area contributed by atoms with Gasteiger partial charge in [-0.05, 0) is 24.6 Å². The highest BCUT2D eigenvalue weighted by atomic mass is 79.9. The number of benzene rings is 2. The fourth-order valence-corrected chi connectivity index (χ4v) is 2.70. The molecule has 0 bridgehead atoms. The van der Waals surface area contributed by atoms with Gasteiger partial charge < -0.3 is 5.73 Å². The Hall–Kier alpha value is -2.07. The van der Waals surface area contributed by atoms with Crippen LogP contribution in [0.3, 0.4) is 0 Å². The van der Waals surface area contributed by atoms with Crippen molar-refractivity contribution in [3.05, 3.63) is 58.6 Å². The number of anilines is 1. The second kappa shape index (κ2) is 5.13. The predicted octanol–water partition coefficient (Wildman–Crippen LogP) is 4.40. The Morgan fingerprint density at radius 1 is 1.05 bits per heavy atom. The van der Waals surface area contributed by atoms with Crippen LogP contribution in [0.1, 0.15) is 5.56 Å². The monoisotopic (exact) mass is 327 g/mol. The van der Waals surface area contributed by atoms with E-state index >= 15 is 0 Å². The average Bonchev–Trinajstić information content (AvgIpc) is 2.80. The summed E-state index contributed by atoms with van der Waals surface area (Å²) in [7, 11) is 0. The van der Waals surface area contributed by atoms with E-state index in [1.165, 1.54) is 5.56 Å². The number of hydrogen-bond acceptors (Lipinski definition) is 2. The third-order valence-corrected chi connectivity index (χ3v) is 3.71. The van der Waals surface area contributed by atoms with E-state index in [0.29, 0.717) is 5.82 Å². The average molecular weight is 328 g/mol. The van der Waals surface area contributed by atoms with Crippen LogP contribution >= 0.6 is 15.9 Å². The molecule has 2 aromatic carbocycles. The molecular weight excluding hydrogens is 314 g/mol. The molecule has 0 aliphatic rings. The summed E-state index contributed by atoms with van der Waals surface area (Å²) in [5.74, 6) is 0.519. The molecule has 4 heteroatoms. The first kappa shape index (κ1) is 12.9. The summed E-state index contributed by atoms with van der Waals surface area (Å²) < 4.78 is 1.03. The maximum atomic E-state index is 6.04. The Bertz CT molecular complexity index is 762. The van der Waals surface area contributed by atoms with Gasteiger partial charge in [-0.15, -0.1) is 0 Å². The second-order valence-electron chi connectivity index (χ2n) is 4.74. The number of aromatic nitrogens is 2. The molecule has 3 N–H and O–H groups in total. The quantitative estimate of drug-likeness (QED) is 0.733. The van der Waals surface area contributed by atoms with E-state index in [9.17, 15) is 0 Å². The van der Waals surface area contributed by atoms with Crippen molar-refractivity contribution in [3.8, 4) is 22.4 Å². The predicted molar refractivity (Wildman–Crippen MR) is 86.3 cm³/mol. The van der Waals surface area contributed by atoms with Crippen molar-refractivity contribution in [1.29, 1.82) is 0 Å². The van der Waals surface area contributed by atoms with Crippen molar-refractivity contribution in [3.63, 3.8) is 0 Å². The van der Waals surface area contributed by atoms with E-state index in [1.807, 2.05) is 30.3 Å². The smallest absolute Gasteiger partial charge is 0.153 e. The first-order chi connectivity index (χ1) is 9.65. The summed E-state index contributed by atoms with van der Waals surface area (Å²) in [6.07, 6.45) is 0. The maximum absolute atomic E-state index is 6.04. The molecule has 0 spiro atoms. The van der Waals surface area contributed by atoms with E-state index in [2.05, 4.69) is 51.3 Å². The Kier molecular flexibility index (Phi) is 3.32. The second-order valence-corrected chi connectivity index (χ2v) is 5.65. The van der Waals surface area contributed by atoms with Crippen LogP contribution in [-0.4, -0.2) is 10.2 Å². The molecule has 3 aromatic rings. The van der Waals surface area contributed by atoms with Gasteiger partial charge >= 0.3 is 0 Å². The zero-order valence-corrected chi connectivity index (χ0v) is 12.6. The van der Waals surface area contributed by atoms with Crippen LogP contribution in [0.4, 0.5) is 5.82 Å². The third-order valence-electron chi connectivity index (χ3n) is 3.21. The minimum atomic E-state index is 0.519. The van der Waals surface area contributed by atoms with Crippen LogP contribution < -0.4 is 5.73 Å². The lowest BCUT2D eigenvalue weighted by Crippen LogP contribution is -1.89. The number of aromatic amines is 1. The molecule has 20 heavy (non-hydrogen) atoms. The summed E-state index contributed by atoms with van der Waals surface area (Å²) in [4.78, 5) is 0. The van der Waals surface area contributed by atoms with Crippen LogP contribution in [-0.2, 0) is 0 Å². The number of nitrogens with two attached hydrogens (primary N) is 1. The lowest BCUT2D eigenvalue weighted by molar-refractivity contribution is 1.10. The van der Waals surface area contributed by atoms with Crippen LogP contribution in [0.25, 0.3) is 22.4 Å². The molecule has 0 atom stereocenters. The van der Waals surface area contributed by atoms with Gasteiger partial charge in [0.25, 0.3) is 0 Å². The highest BCUT2D eigenvalue weighted by molar-refractivity contribution is 9.10. The minimum Gasteiger partial charge on any atom is -0.382 e. The third kappa shape index (κ3) is 2.34. The highest BCUT2D eigenvalue weighted by Crippen LogP contribution is 2.35. The van der Waals surface area contributed by atoms with Crippen molar-refractivity contribution in [1.82, 2.24) is 10.2 Å². The maximum Gasteiger partial charge on any atom is 0.153 e. The molecule has 1 heterocycles. The SMILES string of the molecule is Cc1cccc(-c2c(N)n[nH]c2-c2cccc(Br)c2)c1. The van der Waals surface area contributed by atoms with E-state index in [0.717, 1.165) is 26.9 Å². The molecule has 0 aliphatic carbocycles. The van der Waals surface area contributed by atoms with Gasteiger partial charge in [-0.2, -0.15) is 5.10 Å². The van der Waals surface area contributed by atoms with Crippen molar-refractivity contribution < 1.29 is 0 Å². The number of aryl methyl sites for hydroxylation is 1. The molecule has 0 unspecified atom stereocenters. The van der Waals surface area contributed by atoms with Gasteiger partial charge in [-0.3, -0.25) is 5.10 Å². The van der Waals surface area contributed by atoms with E-state index in [1.54, 1.807) is 0 Å². The first-order valence-corrected chi connectivity index (χ1v) is 7.11. The topological polar surface area (TPSA) is 54.7 Å². The molecule has 1 aromatic heterocycles. The van der Waals surface area contributed by atoms with E-state index in [-0.39, 0.29) is 0 Å². The summed E-state index contributed by atoms with van der Waals surface area (Å²) in [6.45, 7) is 2.07. The molecular formula is C16H14BrN3. The standard InChI is InChI=1S/C16H14BrN3/c1-10-4-2-5-11(8-10)14-15(19-20-16(14)18)12-6-3-7-13(17)9-12/h2-9H,1H3,(H3,18,19,20). The minimum absolute atomic E-state index is 0.519. The fourth-order valence-electron chi connectivity index (χ4n) is 2.30. The zero-order chi connectivity index (χ0) is 14.1. The van der Waals surface area contributed by atoms with Crippen LogP contribution in [0.2, 0.25) is 0 Å². The number of hydrogen-bond donors (Lipinski definition) is 2. The number of nitrogen functional groups attached to an aromatic ring is 1. The van der Waals surface area contributed by atoms with Crippen molar-refractivity contribution >= 4 is 21.7 Å². The molecule has 0 saturated heterocycles. The van der Waals surface area contributed by atoms with Crippen LogP contribution in [0.15, 0.2) is 53.0 Å². The molecule has 0 amide bonds. The first-order valence-electron chi connectivity index (χ1n) is 6.32. The number of nitrogens with zero attached hydrogens (tertiary/aromatic N) is 1. The zero-order valence-electron chi connectivity index (χ0n) is 11.0. The van der Waals surface area contributed by atoms with E-state index in [4.69, 9.17) is 5.73 Å². The Labute approximate surface area is 126 Å². The lowest BCUT2D eigenvalue weighted by atomic mass is 9.99. The number of H-pyrrole nitrogens is 1. The Morgan fingerprint density at radius 3 is 2.55 bits per heavy atom. The normalized spacial score (nSPS) is 10.7. The largest absolute Gasteiger partial charge is 0.382 e. The Balaban J connectivity index is 2.20. The lowest BCUT2D eigenvalue weighted by Gasteiger charge is -2.06. The van der Waals surface area contributed by atoms with Crippen molar-refractivity contribution in [2.45, 2.75) is 6.92 Å². The summed E-state index contributed by atoms with van der Waals surface area (Å²) >= 11 is 3.49. The van der Waals surface area contributed by atoms with E-state index < -0.39 is 0 Å². The molecule has 100 valence electrons. The summed E-state index contributed by atoms with van der Waals surface area (Å²) in [6, 6.07) is 16.3. The molecule has 0 saturated carbocycles. The molecule has 3 nitrogen and oxygen atoms in total. The van der Waals surface area contributed by atoms with Gasteiger partial charge in [0.1, 0.15) is 0 Å².